The molecule has 1 unspecified atom stereocenters. The highest BCUT2D eigenvalue weighted by molar-refractivity contribution is 4.67. The maximum Gasteiger partial charge on any atom is 0.0165 e. The summed E-state index contributed by atoms with van der Waals surface area (Å²) >= 11 is 0. The second kappa shape index (κ2) is 3.85. The van der Waals surface area contributed by atoms with E-state index in [2.05, 4.69) is 5.32 Å². The molecule has 0 aliphatic carbocycles. The maximum absolute atomic E-state index is 5.74. The van der Waals surface area contributed by atoms with Crippen LogP contribution < -0.4 is 11.1 Å². The van der Waals surface area contributed by atoms with E-state index in [9.17, 15) is 0 Å². The van der Waals surface area contributed by atoms with Gasteiger partial charge in [-0.05, 0) is 19.4 Å². The van der Waals surface area contributed by atoms with E-state index in [4.69, 9.17) is 5.73 Å². The zero-order valence-corrected chi connectivity index (χ0v) is 5.90. The van der Waals surface area contributed by atoms with Crippen LogP contribution in [0.4, 0.5) is 0 Å². The van der Waals surface area contributed by atoms with Gasteiger partial charge in [0.2, 0.25) is 0 Å². The Labute approximate surface area is 56.8 Å². The monoisotopic (exact) mass is 128 g/mol. The second-order valence-corrected chi connectivity index (χ2v) is 2.81. The van der Waals surface area contributed by atoms with Crippen molar-refractivity contribution >= 4 is 0 Å². The second-order valence-electron chi connectivity index (χ2n) is 2.81. The first kappa shape index (κ1) is 7.03. The van der Waals surface area contributed by atoms with Crippen molar-refractivity contribution in [3.05, 3.63) is 0 Å². The molecule has 0 aromatic heterocycles. The Bertz CT molecular complexity index is 65.3. The van der Waals surface area contributed by atoms with Crippen LogP contribution in [0.5, 0.6) is 0 Å². The van der Waals surface area contributed by atoms with Crippen LogP contribution in [0.3, 0.4) is 0 Å². The van der Waals surface area contributed by atoms with Crippen molar-refractivity contribution in [2.24, 2.45) is 5.73 Å². The van der Waals surface area contributed by atoms with E-state index in [-0.39, 0.29) is 0 Å². The highest BCUT2D eigenvalue weighted by Crippen LogP contribution is 2.03. The SMILES string of the molecule is NC1CCCCCNC1. The van der Waals surface area contributed by atoms with Gasteiger partial charge in [0.05, 0.1) is 0 Å². The van der Waals surface area contributed by atoms with Gasteiger partial charge >= 0.3 is 0 Å². The molecule has 0 radical (unpaired) electrons. The van der Waals surface area contributed by atoms with Crippen LogP contribution in [0.2, 0.25) is 0 Å². The van der Waals surface area contributed by atoms with E-state index >= 15 is 0 Å². The summed E-state index contributed by atoms with van der Waals surface area (Å²) in [7, 11) is 0. The number of rotatable bonds is 0. The standard InChI is InChI=1S/C7H16N2/c8-7-4-2-1-3-5-9-6-7/h7,9H,1-6,8H2. The van der Waals surface area contributed by atoms with Crippen molar-refractivity contribution < 1.29 is 0 Å². The van der Waals surface area contributed by atoms with Crippen LogP contribution in [0.15, 0.2) is 0 Å². The minimum absolute atomic E-state index is 0.408. The van der Waals surface area contributed by atoms with Crippen LogP contribution in [0.1, 0.15) is 25.7 Å². The Morgan fingerprint density at radius 2 is 2.11 bits per heavy atom. The van der Waals surface area contributed by atoms with Crippen molar-refractivity contribution in [2.45, 2.75) is 31.7 Å². The van der Waals surface area contributed by atoms with Gasteiger partial charge in [0.1, 0.15) is 0 Å². The third kappa shape index (κ3) is 2.82. The van der Waals surface area contributed by atoms with E-state index < -0.39 is 0 Å². The Kier molecular flexibility index (Phi) is 3.01. The first-order valence-corrected chi connectivity index (χ1v) is 3.86. The molecule has 0 bridgehead atoms. The Balaban J connectivity index is 2.12. The molecule has 9 heavy (non-hydrogen) atoms. The van der Waals surface area contributed by atoms with Gasteiger partial charge in [-0.25, -0.2) is 0 Å². The topological polar surface area (TPSA) is 38.0 Å². The van der Waals surface area contributed by atoms with Crippen LogP contribution in [-0.4, -0.2) is 19.1 Å². The van der Waals surface area contributed by atoms with Gasteiger partial charge in [-0.3, -0.25) is 0 Å². The van der Waals surface area contributed by atoms with Gasteiger partial charge in [0.25, 0.3) is 0 Å². The third-order valence-corrected chi connectivity index (χ3v) is 1.83. The van der Waals surface area contributed by atoms with Crippen LogP contribution in [0.25, 0.3) is 0 Å². The van der Waals surface area contributed by atoms with Gasteiger partial charge in [0.15, 0.2) is 0 Å². The van der Waals surface area contributed by atoms with Crippen molar-refractivity contribution in [3.63, 3.8) is 0 Å². The summed E-state index contributed by atoms with van der Waals surface area (Å²) in [5.41, 5.74) is 5.74. The summed E-state index contributed by atoms with van der Waals surface area (Å²) in [5, 5.41) is 3.31. The summed E-state index contributed by atoms with van der Waals surface area (Å²) in [6.07, 6.45) is 5.20. The average molecular weight is 128 g/mol. The normalized spacial score (nSPS) is 31.0. The first-order valence-electron chi connectivity index (χ1n) is 3.86. The molecule has 1 aliphatic rings. The van der Waals surface area contributed by atoms with Gasteiger partial charge in [-0.2, -0.15) is 0 Å². The number of hydrogen-bond donors (Lipinski definition) is 2. The quantitative estimate of drug-likeness (QED) is 0.498. The van der Waals surface area contributed by atoms with Gasteiger partial charge in [0, 0.05) is 12.6 Å². The minimum Gasteiger partial charge on any atom is -0.327 e. The predicted molar refractivity (Wildman–Crippen MR) is 39.3 cm³/mol. The zero-order valence-electron chi connectivity index (χ0n) is 5.90. The van der Waals surface area contributed by atoms with E-state index in [1.165, 1.54) is 25.7 Å². The molecule has 0 aromatic rings. The highest BCUT2D eigenvalue weighted by atomic mass is 14.9. The third-order valence-electron chi connectivity index (χ3n) is 1.83. The zero-order chi connectivity index (χ0) is 6.53. The molecule has 2 heteroatoms. The molecule has 0 amide bonds. The summed E-state index contributed by atoms with van der Waals surface area (Å²) in [5.74, 6) is 0. The van der Waals surface area contributed by atoms with E-state index in [0.29, 0.717) is 6.04 Å². The molecule has 3 N–H and O–H groups in total. The lowest BCUT2D eigenvalue weighted by Gasteiger charge is -2.15. The minimum atomic E-state index is 0.408. The van der Waals surface area contributed by atoms with Gasteiger partial charge in [-0.1, -0.05) is 12.8 Å². The van der Waals surface area contributed by atoms with E-state index in [1.807, 2.05) is 0 Å². The van der Waals surface area contributed by atoms with Gasteiger partial charge < -0.3 is 11.1 Å². The van der Waals surface area contributed by atoms with Crippen LogP contribution in [0, 0.1) is 0 Å². The number of nitrogens with two attached hydrogens (primary N) is 1. The van der Waals surface area contributed by atoms with Crippen molar-refractivity contribution in [3.8, 4) is 0 Å². The molecule has 1 saturated heterocycles. The molecule has 0 saturated carbocycles. The lowest BCUT2D eigenvalue weighted by atomic mass is 10.1. The fourth-order valence-electron chi connectivity index (χ4n) is 1.22. The number of nitrogens with one attached hydrogen (secondary N) is 1. The van der Waals surface area contributed by atoms with Crippen molar-refractivity contribution in [1.29, 1.82) is 0 Å². The lowest BCUT2D eigenvalue weighted by molar-refractivity contribution is 0.467. The Hall–Kier alpha value is -0.0800. The summed E-state index contributed by atoms with van der Waals surface area (Å²) in [4.78, 5) is 0. The summed E-state index contributed by atoms with van der Waals surface area (Å²) in [6.45, 7) is 2.17. The molecule has 0 spiro atoms. The van der Waals surface area contributed by atoms with E-state index in [0.717, 1.165) is 13.1 Å². The smallest absolute Gasteiger partial charge is 0.0165 e. The molecule has 1 aliphatic heterocycles. The summed E-state index contributed by atoms with van der Waals surface area (Å²) in [6, 6.07) is 0.408. The van der Waals surface area contributed by atoms with Crippen molar-refractivity contribution in [1.82, 2.24) is 5.32 Å². The number of hydrogen-bond acceptors (Lipinski definition) is 2. The first-order chi connectivity index (χ1) is 4.39. The molecule has 2 nitrogen and oxygen atoms in total. The molecule has 1 atom stereocenters. The largest absolute Gasteiger partial charge is 0.327 e. The molecule has 0 aromatic carbocycles. The van der Waals surface area contributed by atoms with Crippen LogP contribution in [-0.2, 0) is 0 Å². The molecular weight excluding hydrogens is 112 g/mol. The molecule has 1 fully saturated rings. The fourth-order valence-corrected chi connectivity index (χ4v) is 1.22. The molecular formula is C7H16N2. The Morgan fingerprint density at radius 1 is 1.22 bits per heavy atom. The molecule has 54 valence electrons. The Morgan fingerprint density at radius 3 is 3.00 bits per heavy atom. The highest BCUT2D eigenvalue weighted by Gasteiger charge is 2.03. The average Bonchev–Trinajstić information content (AvgIpc) is 1.79. The van der Waals surface area contributed by atoms with E-state index in [1.54, 1.807) is 0 Å². The molecule has 1 rings (SSSR count). The lowest BCUT2D eigenvalue weighted by Crippen LogP contribution is -2.35. The fraction of sp³-hybridized carbons (Fsp3) is 1.00. The predicted octanol–water partition coefficient (Wildman–Crippen LogP) is 0.477. The maximum atomic E-state index is 5.74. The van der Waals surface area contributed by atoms with Crippen LogP contribution >= 0.6 is 0 Å². The van der Waals surface area contributed by atoms with Crippen molar-refractivity contribution in [2.75, 3.05) is 13.1 Å². The van der Waals surface area contributed by atoms with Gasteiger partial charge in [-0.15, -0.1) is 0 Å². The molecule has 1 heterocycles. The summed E-state index contributed by atoms with van der Waals surface area (Å²) < 4.78 is 0.